The van der Waals surface area contributed by atoms with Crippen LogP contribution in [-0.4, -0.2) is 26.0 Å². The summed E-state index contributed by atoms with van der Waals surface area (Å²) in [7, 11) is -4.21. The fourth-order valence-corrected chi connectivity index (χ4v) is 3.77. The highest BCUT2D eigenvalue weighted by atomic mass is 32.2. The predicted molar refractivity (Wildman–Crippen MR) is 70.0 cm³/mol. The lowest BCUT2D eigenvalue weighted by Gasteiger charge is -2.16. The van der Waals surface area contributed by atoms with Crippen LogP contribution in [0.15, 0.2) is 23.1 Å². The number of benzene rings is 1. The molecule has 2 N–H and O–H groups in total. The first-order valence-electron chi connectivity index (χ1n) is 6.49. The molecule has 1 aliphatic rings. The van der Waals surface area contributed by atoms with Crippen molar-refractivity contribution in [3.05, 3.63) is 29.8 Å². The first kappa shape index (κ1) is 15.8. The number of carboxylic acids is 1. The molecule has 0 bridgehead atoms. The smallest absolute Gasteiger partial charge is 0.306 e. The summed E-state index contributed by atoms with van der Waals surface area (Å²) < 4.78 is 52.7. The minimum absolute atomic E-state index is 0.102. The minimum Gasteiger partial charge on any atom is -0.481 e. The number of carboxylic acid groups (broad SMARTS) is 1. The van der Waals surface area contributed by atoms with E-state index in [1.54, 1.807) is 0 Å². The van der Waals surface area contributed by atoms with Crippen molar-refractivity contribution in [1.82, 2.24) is 4.72 Å². The van der Waals surface area contributed by atoms with Gasteiger partial charge >= 0.3 is 5.97 Å². The predicted octanol–water partition coefficient (Wildman–Crippen LogP) is 1.74. The number of sulfonamides is 1. The number of halogens is 2. The van der Waals surface area contributed by atoms with Crippen LogP contribution in [0.3, 0.4) is 0 Å². The summed E-state index contributed by atoms with van der Waals surface area (Å²) in [6, 6.07) is 2.16. The lowest BCUT2D eigenvalue weighted by Crippen LogP contribution is -2.33. The van der Waals surface area contributed by atoms with E-state index < -0.39 is 38.4 Å². The summed E-state index contributed by atoms with van der Waals surface area (Å²) in [5.74, 6) is -3.82. The molecule has 1 aromatic carbocycles. The SMILES string of the molecule is O=C(O)C1CCCC1CNS(=O)(=O)c1cc(F)ccc1F. The van der Waals surface area contributed by atoms with Crippen LogP contribution in [-0.2, 0) is 14.8 Å². The van der Waals surface area contributed by atoms with E-state index in [0.29, 0.717) is 25.3 Å². The molecule has 2 atom stereocenters. The Balaban J connectivity index is 2.11. The second-order valence-corrected chi connectivity index (χ2v) is 6.80. The van der Waals surface area contributed by atoms with Gasteiger partial charge < -0.3 is 5.11 Å². The maximum Gasteiger partial charge on any atom is 0.306 e. The molecule has 1 aromatic rings. The number of hydrogen-bond acceptors (Lipinski definition) is 3. The van der Waals surface area contributed by atoms with Gasteiger partial charge in [-0.2, -0.15) is 0 Å². The fraction of sp³-hybridized carbons (Fsp3) is 0.462. The molecule has 0 radical (unpaired) electrons. The second-order valence-electron chi connectivity index (χ2n) is 5.06. The third-order valence-corrected chi connectivity index (χ3v) is 5.13. The summed E-state index contributed by atoms with van der Waals surface area (Å²) in [5.41, 5.74) is 0. The van der Waals surface area contributed by atoms with Gasteiger partial charge in [-0.15, -0.1) is 0 Å². The maximum atomic E-state index is 13.5. The van der Waals surface area contributed by atoms with E-state index in [1.165, 1.54) is 0 Å². The van der Waals surface area contributed by atoms with E-state index in [2.05, 4.69) is 4.72 Å². The first-order chi connectivity index (χ1) is 9.81. The van der Waals surface area contributed by atoms with Gasteiger partial charge in [-0.1, -0.05) is 6.42 Å². The van der Waals surface area contributed by atoms with E-state index in [4.69, 9.17) is 5.11 Å². The molecule has 5 nitrogen and oxygen atoms in total. The van der Waals surface area contributed by atoms with Crippen molar-refractivity contribution < 1.29 is 27.1 Å². The van der Waals surface area contributed by atoms with Crippen LogP contribution in [0.1, 0.15) is 19.3 Å². The van der Waals surface area contributed by atoms with E-state index in [9.17, 15) is 22.0 Å². The van der Waals surface area contributed by atoms with Gasteiger partial charge in [0.15, 0.2) is 0 Å². The van der Waals surface area contributed by atoms with Crippen molar-refractivity contribution >= 4 is 16.0 Å². The number of hydrogen-bond donors (Lipinski definition) is 2. The van der Waals surface area contributed by atoms with Gasteiger partial charge in [-0.25, -0.2) is 21.9 Å². The molecule has 0 aromatic heterocycles. The van der Waals surface area contributed by atoms with Crippen LogP contribution in [0.2, 0.25) is 0 Å². The number of rotatable bonds is 5. The van der Waals surface area contributed by atoms with Gasteiger partial charge in [-0.3, -0.25) is 4.79 Å². The molecule has 1 saturated carbocycles. The van der Waals surface area contributed by atoms with Crippen LogP contribution >= 0.6 is 0 Å². The normalized spacial score (nSPS) is 22.4. The zero-order chi connectivity index (χ0) is 15.6. The number of nitrogens with one attached hydrogen (secondary N) is 1. The van der Waals surface area contributed by atoms with E-state index in [-0.39, 0.29) is 12.5 Å². The lowest BCUT2D eigenvalue weighted by atomic mass is 9.97. The maximum absolute atomic E-state index is 13.5. The van der Waals surface area contributed by atoms with Gasteiger partial charge in [0.05, 0.1) is 5.92 Å². The van der Waals surface area contributed by atoms with Gasteiger partial charge in [0, 0.05) is 6.54 Å². The highest BCUT2D eigenvalue weighted by Crippen LogP contribution is 2.31. The third-order valence-electron chi connectivity index (χ3n) is 3.69. The van der Waals surface area contributed by atoms with Gasteiger partial charge in [0.25, 0.3) is 0 Å². The molecule has 1 fully saturated rings. The molecule has 2 unspecified atom stereocenters. The molecule has 0 spiro atoms. The second kappa shape index (κ2) is 6.07. The Hall–Kier alpha value is -1.54. The molecule has 0 amide bonds. The quantitative estimate of drug-likeness (QED) is 0.866. The van der Waals surface area contributed by atoms with Crippen molar-refractivity contribution in [2.45, 2.75) is 24.2 Å². The minimum atomic E-state index is -4.21. The van der Waals surface area contributed by atoms with E-state index in [0.717, 1.165) is 12.1 Å². The Bertz CT molecular complexity index is 648. The summed E-state index contributed by atoms with van der Waals surface area (Å²) >= 11 is 0. The lowest BCUT2D eigenvalue weighted by molar-refractivity contribution is -0.142. The standard InChI is InChI=1S/C13H15F2NO4S/c14-9-4-5-11(15)12(6-9)21(19,20)16-7-8-2-1-3-10(8)13(17)18/h4-6,8,10,16H,1-3,7H2,(H,17,18). The Kier molecular flexibility index (Phi) is 4.58. The molecule has 21 heavy (non-hydrogen) atoms. The molecule has 116 valence electrons. The molecular weight excluding hydrogens is 304 g/mol. The fourth-order valence-electron chi connectivity index (χ4n) is 2.58. The molecule has 0 heterocycles. The molecule has 8 heteroatoms. The van der Waals surface area contributed by atoms with Crippen LogP contribution < -0.4 is 4.72 Å². The average molecular weight is 319 g/mol. The Morgan fingerprint density at radius 1 is 1.33 bits per heavy atom. The van der Waals surface area contributed by atoms with Crippen molar-refractivity contribution in [3.63, 3.8) is 0 Å². The van der Waals surface area contributed by atoms with Crippen LogP contribution in [0, 0.1) is 23.5 Å². The van der Waals surface area contributed by atoms with Crippen LogP contribution in [0.5, 0.6) is 0 Å². The zero-order valence-electron chi connectivity index (χ0n) is 11.1. The summed E-state index contributed by atoms with van der Waals surface area (Å²) in [5, 5.41) is 9.02. The Labute approximate surface area is 121 Å². The van der Waals surface area contributed by atoms with Gasteiger partial charge in [0.1, 0.15) is 16.5 Å². The van der Waals surface area contributed by atoms with Gasteiger partial charge in [0.2, 0.25) is 10.0 Å². The van der Waals surface area contributed by atoms with Crippen molar-refractivity contribution in [2.24, 2.45) is 11.8 Å². The zero-order valence-corrected chi connectivity index (χ0v) is 11.9. The number of carbonyl (C=O) groups is 1. The van der Waals surface area contributed by atoms with Crippen LogP contribution in [0.4, 0.5) is 8.78 Å². The van der Waals surface area contributed by atoms with Crippen molar-refractivity contribution in [1.29, 1.82) is 0 Å². The topological polar surface area (TPSA) is 83.5 Å². The Morgan fingerprint density at radius 2 is 2.05 bits per heavy atom. The molecule has 1 aliphatic carbocycles. The molecule has 0 saturated heterocycles. The largest absolute Gasteiger partial charge is 0.481 e. The summed E-state index contributed by atoms with van der Waals surface area (Å²) in [4.78, 5) is 10.2. The van der Waals surface area contributed by atoms with E-state index >= 15 is 0 Å². The molecule has 0 aliphatic heterocycles. The monoisotopic (exact) mass is 319 g/mol. The van der Waals surface area contributed by atoms with Gasteiger partial charge in [-0.05, 0) is 37.0 Å². The number of aliphatic carboxylic acids is 1. The Morgan fingerprint density at radius 3 is 2.71 bits per heavy atom. The summed E-state index contributed by atoms with van der Waals surface area (Å²) in [6.45, 7) is -0.102. The highest BCUT2D eigenvalue weighted by Gasteiger charge is 2.33. The first-order valence-corrected chi connectivity index (χ1v) is 7.97. The van der Waals surface area contributed by atoms with Crippen LogP contribution in [0.25, 0.3) is 0 Å². The van der Waals surface area contributed by atoms with E-state index in [1.807, 2.05) is 0 Å². The van der Waals surface area contributed by atoms with Crippen molar-refractivity contribution in [3.8, 4) is 0 Å². The summed E-state index contributed by atoms with van der Waals surface area (Å²) in [6.07, 6.45) is 1.79. The molecule has 2 rings (SSSR count). The van der Waals surface area contributed by atoms with Crippen molar-refractivity contribution in [2.75, 3.05) is 6.54 Å². The highest BCUT2D eigenvalue weighted by molar-refractivity contribution is 7.89. The third kappa shape index (κ3) is 3.56. The molecular formula is C13H15F2NO4S. The average Bonchev–Trinajstić information content (AvgIpc) is 2.88.